The van der Waals surface area contributed by atoms with Crippen molar-refractivity contribution >= 4 is 38.5 Å². The zero-order valence-corrected chi connectivity index (χ0v) is 12.4. The van der Waals surface area contributed by atoms with Gasteiger partial charge in [0.2, 0.25) is 0 Å². The van der Waals surface area contributed by atoms with Crippen molar-refractivity contribution in [3.8, 4) is 5.75 Å². The lowest BCUT2D eigenvalue weighted by atomic mass is 10.3. The number of rotatable bonds is 3. The van der Waals surface area contributed by atoms with Crippen LogP contribution in [0.4, 0.5) is 0 Å². The van der Waals surface area contributed by atoms with E-state index in [2.05, 4.69) is 43.6 Å². The van der Waals surface area contributed by atoms with E-state index in [9.17, 15) is 0 Å². The summed E-state index contributed by atoms with van der Waals surface area (Å²) in [6.07, 6.45) is 1.77. The molecule has 0 saturated carbocycles. The number of nitrogens with zero attached hydrogens (tertiary/aromatic N) is 2. The second-order valence-corrected chi connectivity index (χ2v) is 5.41. The molecule has 0 amide bonds. The second kappa shape index (κ2) is 5.18. The molecule has 0 spiro atoms. The predicted molar refractivity (Wildman–Crippen MR) is 74.4 cm³/mol. The third kappa shape index (κ3) is 2.76. The van der Waals surface area contributed by atoms with Gasteiger partial charge in [-0.05, 0) is 62.8 Å². The lowest BCUT2D eigenvalue weighted by Gasteiger charge is -2.07. The van der Waals surface area contributed by atoms with Crippen molar-refractivity contribution < 1.29 is 4.74 Å². The van der Waals surface area contributed by atoms with Crippen LogP contribution in [0.5, 0.6) is 5.75 Å². The monoisotopic (exact) mass is 392 g/mol. The van der Waals surface area contributed by atoms with Crippen LogP contribution in [0.3, 0.4) is 0 Å². The Balaban J connectivity index is 2.05. The summed E-state index contributed by atoms with van der Waals surface area (Å²) < 4.78 is 9.65. The van der Waals surface area contributed by atoms with Crippen molar-refractivity contribution in [3.05, 3.63) is 44.2 Å². The molecule has 16 heavy (non-hydrogen) atoms. The third-order valence-corrected chi connectivity index (χ3v) is 3.58. The molecular weight excluding hydrogens is 383 g/mol. The van der Waals surface area contributed by atoms with Crippen molar-refractivity contribution in [2.75, 3.05) is 0 Å². The highest BCUT2D eigenvalue weighted by Gasteiger charge is 2.06. The average molecular weight is 393 g/mol. The van der Waals surface area contributed by atoms with Crippen molar-refractivity contribution in [1.82, 2.24) is 9.78 Å². The maximum atomic E-state index is 5.67. The van der Waals surface area contributed by atoms with Gasteiger partial charge in [-0.2, -0.15) is 5.10 Å². The molecule has 0 unspecified atom stereocenters. The first-order valence-electron chi connectivity index (χ1n) is 4.71. The molecule has 84 valence electrons. The molecule has 1 aromatic heterocycles. The van der Waals surface area contributed by atoms with Crippen LogP contribution < -0.4 is 4.74 Å². The van der Waals surface area contributed by atoms with Crippen LogP contribution >= 0.6 is 38.5 Å². The van der Waals surface area contributed by atoms with Crippen LogP contribution in [0.15, 0.2) is 34.9 Å². The third-order valence-electron chi connectivity index (χ3n) is 2.20. The highest BCUT2D eigenvalue weighted by Crippen LogP contribution is 2.19. The van der Waals surface area contributed by atoms with Crippen LogP contribution in [0, 0.1) is 3.57 Å². The van der Waals surface area contributed by atoms with Gasteiger partial charge in [-0.3, -0.25) is 4.68 Å². The molecule has 0 saturated heterocycles. The number of hydrogen-bond acceptors (Lipinski definition) is 2. The van der Waals surface area contributed by atoms with Gasteiger partial charge >= 0.3 is 0 Å². The van der Waals surface area contributed by atoms with Crippen LogP contribution in [-0.2, 0) is 13.7 Å². The Morgan fingerprint density at radius 3 is 2.62 bits per heavy atom. The molecule has 0 aliphatic carbocycles. The zero-order chi connectivity index (χ0) is 11.5. The molecule has 0 aliphatic rings. The number of ether oxygens (including phenoxy) is 1. The van der Waals surface area contributed by atoms with E-state index in [-0.39, 0.29) is 0 Å². The molecule has 1 aromatic carbocycles. The molecule has 0 N–H and O–H groups in total. The molecule has 0 radical (unpaired) electrons. The minimum absolute atomic E-state index is 0.512. The molecular formula is C11H10BrIN2O. The Bertz CT molecular complexity index is 462. The maximum absolute atomic E-state index is 5.67. The predicted octanol–water partition coefficient (Wildman–Crippen LogP) is 3.37. The van der Waals surface area contributed by atoms with Gasteiger partial charge in [0.1, 0.15) is 12.4 Å². The molecule has 0 bridgehead atoms. The van der Waals surface area contributed by atoms with E-state index in [0.717, 1.165) is 15.9 Å². The van der Waals surface area contributed by atoms with E-state index >= 15 is 0 Å². The molecule has 0 fully saturated rings. The van der Waals surface area contributed by atoms with Gasteiger partial charge < -0.3 is 4.74 Å². The van der Waals surface area contributed by atoms with Crippen LogP contribution in [0.25, 0.3) is 0 Å². The van der Waals surface area contributed by atoms with Gasteiger partial charge in [-0.25, -0.2) is 0 Å². The van der Waals surface area contributed by atoms with Crippen molar-refractivity contribution in [2.45, 2.75) is 6.61 Å². The first-order valence-corrected chi connectivity index (χ1v) is 6.59. The standard InChI is InChI=1S/C11H10BrIN2O/c1-15-11(10(12)6-14-15)7-16-9-4-2-8(13)3-5-9/h2-6H,7H2,1H3. The van der Waals surface area contributed by atoms with Crippen LogP contribution in [0.1, 0.15) is 5.69 Å². The lowest BCUT2D eigenvalue weighted by molar-refractivity contribution is 0.294. The SMILES string of the molecule is Cn1ncc(Br)c1COc1ccc(I)cc1. The summed E-state index contributed by atoms with van der Waals surface area (Å²) in [6, 6.07) is 7.97. The van der Waals surface area contributed by atoms with Crippen LogP contribution in [-0.4, -0.2) is 9.78 Å². The topological polar surface area (TPSA) is 27.1 Å². The van der Waals surface area contributed by atoms with E-state index in [0.29, 0.717) is 6.61 Å². The summed E-state index contributed by atoms with van der Waals surface area (Å²) in [7, 11) is 1.90. The lowest BCUT2D eigenvalue weighted by Crippen LogP contribution is -2.03. The molecule has 2 aromatic rings. The zero-order valence-electron chi connectivity index (χ0n) is 8.65. The summed E-state index contributed by atoms with van der Waals surface area (Å²) >= 11 is 5.71. The summed E-state index contributed by atoms with van der Waals surface area (Å²) in [6.45, 7) is 0.512. The van der Waals surface area contributed by atoms with Gasteiger partial charge in [0.15, 0.2) is 0 Å². The first-order chi connectivity index (χ1) is 7.66. The molecule has 0 atom stereocenters. The van der Waals surface area contributed by atoms with Gasteiger partial charge in [-0.1, -0.05) is 0 Å². The highest BCUT2D eigenvalue weighted by atomic mass is 127. The fourth-order valence-corrected chi connectivity index (χ4v) is 2.10. The van der Waals surface area contributed by atoms with Crippen molar-refractivity contribution in [3.63, 3.8) is 0 Å². The minimum atomic E-state index is 0.512. The summed E-state index contributed by atoms with van der Waals surface area (Å²) in [5.41, 5.74) is 1.03. The highest BCUT2D eigenvalue weighted by molar-refractivity contribution is 14.1. The molecule has 5 heteroatoms. The quantitative estimate of drug-likeness (QED) is 0.749. The smallest absolute Gasteiger partial charge is 0.131 e. The minimum Gasteiger partial charge on any atom is -0.487 e. The number of hydrogen-bond donors (Lipinski definition) is 0. The van der Waals surface area contributed by atoms with E-state index in [1.165, 1.54) is 3.57 Å². The largest absolute Gasteiger partial charge is 0.487 e. The van der Waals surface area contributed by atoms with E-state index in [1.54, 1.807) is 10.9 Å². The Morgan fingerprint density at radius 2 is 2.06 bits per heavy atom. The maximum Gasteiger partial charge on any atom is 0.131 e. The van der Waals surface area contributed by atoms with E-state index in [4.69, 9.17) is 4.74 Å². The average Bonchev–Trinajstić information content (AvgIpc) is 2.59. The molecule has 2 rings (SSSR count). The van der Waals surface area contributed by atoms with Gasteiger partial charge in [-0.15, -0.1) is 0 Å². The van der Waals surface area contributed by atoms with Gasteiger partial charge in [0.05, 0.1) is 16.4 Å². The van der Waals surface area contributed by atoms with Crippen molar-refractivity contribution in [1.29, 1.82) is 0 Å². The molecule has 0 aliphatic heterocycles. The van der Waals surface area contributed by atoms with E-state index in [1.807, 2.05) is 31.3 Å². The van der Waals surface area contributed by atoms with Crippen molar-refractivity contribution in [2.24, 2.45) is 7.05 Å². The number of benzene rings is 1. The Morgan fingerprint density at radius 1 is 1.38 bits per heavy atom. The molecule has 3 nitrogen and oxygen atoms in total. The van der Waals surface area contributed by atoms with Gasteiger partial charge in [0, 0.05) is 10.6 Å². The summed E-state index contributed by atoms with van der Waals surface area (Å²) in [5.74, 6) is 0.869. The second-order valence-electron chi connectivity index (χ2n) is 3.31. The fraction of sp³-hybridized carbons (Fsp3) is 0.182. The Hall–Kier alpha value is -0.560. The van der Waals surface area contributed by atoms with Gasteiger partial charge in [0.25, 0.3) is 0 Å². The summed E-state index contributed by atoms with van der Waals surface area (Å²) in [4.78, 5) is 0. The van der Waals surface area contributed by atoms with Crippen LogP contribution in [0.2, 0.25) is 0 Å². The van der Waals surface area contributed by atoms with E-state index < -0.39 is 0 Å². The first kappa shape index (κ1) is 11.9. The summed E-state index contributed by atoms with van der Waals surface area (Å²) in [5, 5.41) is 4.13. The number of aromatic nitrogens is 2. The number of aryl methyl sites for hydroxylation is 1. The molecule has 1 heterocycles. The Labute approximate surface area is 116 Å². The normalized spacial score (nSPS) is 10.4. The Kier molecular flexibility index (Phi) is 3.86. The fourth-order valence-electron chi connectivity index (χ4n) is 1.28. The number of halogens is 2.